The Bertz CT molecular complexity index is 1910. The summed E-state index contributed by atoms with van der Waals surface area (Å²) in [4.78, 5) is 63.8. The zero-order chi connectivity index (χ0) is 32.2. The van der Waals surface area contributed by atoms with Gasteiger partial charge in [0.2, 0.25) is 0 Å². The number of phosphoric acid groups is 1. The minimum Gasteiger partial charge on any atom is -0.387 e. The molecule has 2 unspecified atom stereocenters. The number of hydrogen-bond donors (Lipinski definition) is 8. The molecule has 6 heterocycles. The number of aliphatic hydroxyl groups excluding tert-OH is 3. The molecule has 4 aromatic rings. The summed E-state index contributed by atoms with van der Waals surface area (Å²) in [5.41, 5.74) is 3.92. The standard InChI is InChI=1S/C20H25N9O14P2/c21-14-8-15(23-3-22-14)28(4-24-8)18-12(32)10(30)7(41-18)2-40-45(37,38)43-13-11(31)6(1-39-44(35)36)42-19(13)29-5-25-9-16(29)26-20(34)27-17(9)33/h3-7,10-13,18-19,30-32,44H,1-2H2,(H,35,36)(H,37,38)(H2,21,22,23)(H2,26,27,33,34)/t6-,7-,10-,11-,12-,13-,18-,19-/m1/s1. The number of imidazole rings is 2. The van der Waals surface area contributed by atoms with E-state index in [0.717, 1.165) is 17.2 Å². The van der Waals surface area contributed by atoms with Gasteiger partial charge in [0.05, 0.1) is 25.9 Å². The van der Waals surface area contributed by atoms with E-state index < -0.39 is 89.6 Å². The molecule has 0 amide bonds. The van der Waals surface area contributed by atoms with Gasteiger partial charge in [-0.2, -0.15) is 0 Å². The van der Waals surface area contributed by atoms with Crippen molar-refractivity contribution in [3.05, 3.63) is 39.8 Å². The molecule has 6 rings (SSSR count). The fourth-order valence-electron chi connectivity index (χ4n) is 5.00. The average molecular weight is 677 g/mol. The molecule has 2 fully saturated rings. The van der Waals surface area contributed by atoms with E-state index in [1.165, 1.54) is 10.9 Å². The summed E-state index contributed by atoms with van der Waals surface area (Å²) in [6.45, 7) is -1.47. The van der Waals surface area contributed by atoms with Crippen LogP contribution in [0.15, 0.2) is 28.6 Å². The minimum atomic E-state index is -5.17. The van der Waals surface area contributed by atoms with Crippen LogP contribution in [0.5, 0.6) is 0 Å². The maximum Gasteiger partial charge on any atom is 0.472 e. The second kappa shape index (κ2) is 12.1. The van der Waals surface area contributed by atoms with Crippen LogP contribution in [0.1, 0.15) is 12.5 Å². The molecule has 2 aliphatic heterocycles. The third-order valence-corrected chi connectivity index (χ3v) is 8.48. The van der Waals surface area contributed by atoms with Crippen molar-refractivity contribution in [3.63, 3.8) is 0 Å². The number of nitrogens with zero attached hydrogens (tertiary/aromatic N) is 6. The van der Waals surface area contributed by atoms with E-state index in [1.54, 1.807) is 0 Å². The molecule has 2 saturated heterocycles. The van der Waals surface area contributed by atoms with Gasteiger partial charge in [0, 0.05) is 0 Å². The van der Waals surface area contributed by atoms with Crippen LogP contribution in [0.4, 0.5) is 5.82 Å². The number of H-pyrrole nitrogens is 2. The highest BCUT2D eigenvalue weighted by Crippen LogP contribution is 2.50. The van der Waals surface area contributed by atoms with Crippen LogP contribution in [0, 0.1) is 0 Å². The Labute approximate surface area is 248 Å². The van der Waals surface area contributed by atoms with Gasteiger partial charge in [-0.1, -0.05) is 0 Å². The van der Waals surface area contributed by atoms with Gasteiger partial charge in [0.25, 0.3) is 5.56 Å². The maximum atomic E-state index is 13.1. The molecule has 25 heteroatoms. The first-order chi connectivity index (χ1) is 21.3. The molecule has 2 aliphatic rings. The number of rotatable bonds is 10. The normalized spacial score (nSPS) is 30.7. The lowest BCUT2D eigenvalue weighted by Gasteiger charge is -2.25. The van der Waals surface area contributed by atoms with Crippen molar-refractivity contribution in [1.82, 2.24) is 39.0 Å². The van der Waals surface area contributed by atoms with Crippen LogP contribution < -0.4 is 17.0 Å². The van der Waals surface area contributed by atoms with E-state index in [-0.39, 0.29) is 28.1 Å². The van der Waals surface area contributed by atoms with Crippen LogP contribution in [0.25, 0.3) is 22.3 Å². The lowest BCUT2D eigenvalue weighted by atomic mass is 10.1. The minimum absolute atomic E-state index is 0.0581. The molecule has 0 saturated carbocycles. The molecule has 10 atom stereocenters. The monoisotopic (exact) mass is 677 g/mol. The Morgan fingerprint density at radius 3 is 2.40 bits per heavy atom. The Morgan fingerprint density at radius 1 is 0.956 bits per heavy atom. The quantitative estimate of drug-likeness (QED) is 0.0758. The highest BCUT2D eigenvalue weighted by molar-refractivity contribution is 7.47. The van der Waals surface area contributed by atoms with Gasteiger partial charge in [0.1, 0.15) is 54.1 Å². The number of hydrogen-bond acceptors (Lipinski definition) is 17. The summed E-state index contributed by atoms with van der Waals surface area (Å²) in [7, 11) is -8.65. The number of aliphatic hydroxyl groups is 3. The van der Waals surface area contributed by atoms with Crippen molar-refractivity contribution in [2.45, 2.75) is 49.1 Å². The fraction of sp³-hybridized carbons (Fsp3) is 0.500. The number of ether oxygens (including phenoxy) is 2. The number of nitrogens with two attached hydrogens (primary N) is 1. The van der Waals surface area contributed by atoms with E-state index >= 15 is 0 Å². The molecule has 4 aromatic heterocycles. The van der Waals surface area contributed by atoms with E-state index in [2.05, 4.69) is 29.4 Å². The predicted molar refractivity (Wildman–Crippen MR) is 144 cm³/mol. The molecule has 0 aromatic carbocycles. The SMILES string of the molecule is Nc1ncnc2c1ncn2[C@@H]1O[C@H](COP(=O)(O)O[C@@H]2[C@H](O)[C@@H](CO[PH](=O)O)O[C@H]2n2cnc3c(=O)[nH]c(=O)[nH]c32)[C@@H](O)[C@H]1O. The molecule has 0 spiro atoms. The summed E-state index contributed by atoms with van der Waals surface area (Å²) in [5.74, 6) is 0.0581. The summed E-state index contributed by atoms with van der Waals surface area (Å²) >= 11 is 0. The molecule has 23 nitrogen and oxygen atoms in total. The highest BCUT2D eigenvalue weighted by Gasteiger charge is 2.51. The van der Waals surface area contributed by atoms with Crippen molar-refractivity contribution in [2.24, 2.45) is 0 Å². The lowest BCUT2D eigenvalue weighted by Crippen LogP contribution is -2.36. The second-order valence-electron chi connectivity index (χ2n) is 9.85. The first-order valence-electron chi connectivity index (χ1n) is 12.8. The zero-order valence-corrected chi connectivity index (χ0v) is 24.3. The molecule has 45 heavy (non-hydrogen) atoms. The third kappa shape index (κ3) is 5.96. The Balaban J connectivity index is 1.20. The van der Waals surface area contributed by atoms with Gasteiger partial charge in [-0.05, 0) is 0 Å². The Kier molecular flexibility index (Phi) is 8.45. The topological polar surface area (TPSA) is 335 Å². The largest absolute Gasteiger partial charge is 0.472 e. The maximum absolute atomic E-state index is 13.1. The summed E-state index contributed by atoms with van der Waals surface area (Å²) < 4.78 is 52.8. The average Bonchev–Trinajstić information content (AvgIpc) is 3.73. The Hall–Kier alpha value is -3.44. The van der Waals surface area contributed by atoms with Crippen LogP contribution in [-0.2, 0) is 32.2 Å². The number of fused-ring (bicyclic) bond motifs is 2. The number of aromatic amines is 2. The first kappa shape index (κ1) is 31.5. The molecule has 9 N–H and O–H groups in total. The number of nitrogen functional groups attached to an aromatic ring is 1. The number of anilines is 1. The first-order valence-corrected chi connectivity index (χ1v) is 15.6. The fourth-order valence-corrected chi connectivity index (χ4v) is 6.24. The van der Waals surface area contributed by atoms with Crippen LogP contribution in [-0.4, -0.2) is 114 Å². The molecule has 0 aliphatic carbocycles. The van der Waals surface area contributed by atoms with Crippen molar-refractivity contribution in [3.8, 4) is 0 Å². The van der Waals surface area contributed by atoms with Crippen molar-refractivity contribution < 1.29 is 57.3 Å². The molecule has 0 bridgehead atoms. The molecular formula is C20H25N9O14P2. The number of phosphoric ester groups is 1. The van der Waals surface area contributed by atoms with Crippen LogP contribution in [0.2, 0.25) is 0 Å². The van der Waals surface area contributed by atoms with E-state index in [9.17, 15) is 38.9 Å². The smallest absolute Gasteiger partial charge is 0.387 e. The summed E-state index contributed by atoms with van der Waals surface area (Å²) in [6, 6.07) is 0. The van der Waals surface area contributed by atoms with Crippen LogP contribution >= 0.6 is 16.1 Å². The van der Waals surface area contributed by atoms with Gasteiger partial charge in [-0.25, -0.2) is 29.3 Å². The van der Waals surface area contributed by atoms with Crippen molar-refractivity contribution in [2.75, 3.05) is 18.9 Å². The second-order valence-corrected chi connectivity index (χ2v) is 12.1. The summed E-state index contributed by atoms with van der Waals surface area (Å²) in [5, 5.41) is 32.1. The highest BCUT2D eigenvalue weighted by atomic mass is 31.2. The van der Waals surface area contributed by atoms with Crippen molar-refractivity contribution >= 4 is 44.2 Å². The Morgan fingerprint density at radius 2 is 1.64 bits per heavy atom. The zero-order valence-electron chi connectivity index (χ0n) is 22.4. The van der Waals surface area contributed by atoms with E-state index in [1.807, 2.05) is 4.98 Å². The molecule has 0 radical (unpaired) electrons. The van der Waals surface area contributed by atoms with Gasteiger partial charge in [-0.3, -0.25) is 37.5 Å². The van der Waals surface area contributed by atoms with Crippen LogP contribution in [0.3, 0.4) is 0 Å². The van der Waals surface area contributed by atoms with Gasteiger partial charge in [0.15, 0.2) is 29.4 Å². The molecule has 244 valence electrons. The number of nitrogens with one attached hydrogen (secondary N) is 2. The third-order valence-electron chi connectivity index (χ3n) is 7.08. The summed E-state index contributed by atoms with van der Waals surface area (Å²) in [6.07, 6.45) is -8.98. The number of aromatic nitrogens is 8. The van der Waals surface area contributed by atoms with Gasteiger partial charge in [-0.15, -0.1) is 0 Å². The van der Waals surface area contributed by atoms with Crippen molar-refractivity contribution in [1.29, 1.82) is 0 Å². The predicted octanol–water partition coefficient (Wildman–Crippen LogP) is -3.39. The molecular weight excluding hydrogens is 652 g/mol. The van der Waals surface area contributed by atoms with Gasteiger partial charge < -0.3 is 44.8 Å². The van der Waals surface area contributed by atoms with E-state index in [0.29, 0.717) is 0 Å². The lowest BCUT2D eigenvalue weighted by molar-refractivity contribution is -0.0609. The van der Waals surface area contributed by atoms with E-state index in [4.69, 9.17) is 29.1 Å². The van der Waals surface area contributed by atoms with Gasteiger partial charge >= 0.3 is 21.8 Å².